The Morgan fingerprint density at radius 3 is 2.31 bits per heavy atom. The normalized spacial score (nSPS) is 13.9. The highest BCUT2D eigenvalue weighted by Gasteiger charge is 2.33. The average molecular weight is 203 g/mol. The standard InChI is InChI=1S/C9H21NO2Si/c1-5-12-9(11)8(6-7-10)13(2,3)4/h8H,5-7,10H2,1-4H3. The molecule has 4 heteroatoms. The van der Waals surface area contributed by atoms with Crippen LogP contribution in [-0.2, 0) is 9.53 Å². The highest BCUT2D eigenvalue weighted by molar-refractivity contribution is 6.80. The van der Waals surface area contributed by atoms with E-state index in [-0.39, 0.29) is 11.5 Å². The first-order valence-electron chi connectivity index (χ1n) is 4.80. The van der Waals surface area contributed by atoms with Crippen LogP contribution in [0.5, 0.6) is 0 Å². The van der Waals surface area contributed by atoms with Crippen LogP contribution in [0.2, 0.25) is 25.2 Å². The Bertz CT molecular complexity index is 165. The molecule has 0 aromatic heterocycles. The minimum Gasteiger partial charge on any atom is -0.466 e. The summed E-state index contributed by atoms with van der Waals surface area (Å²) in [6, 6.07) is 0. The number of rotatable bonds is 5. The van der Waals surface area contributed by atoms with E-state index in [1.165, 1.54) is 0 Å². The van der Waals surface area contributed by atoms with Gasteiger partial charge in [0, 0.05) is 0 Å². The van der Waals surface area contributed by atoms with Crippen LogP contribution in [0, 0.1) is 0 Å². The number of nitrogens with two attached hydrogens (primary N) is 1. The second kappa shape index (κ2) is 5.39. The second-order valence-corrected chi connectivity index (χ2v) is 9.68. The van der Waals surface area contributed by atoms with Crippen molar-refractivity contribution >= 4 is 14.0 Å². The molecule has 0 aromatic rings. The first-order chi connectivity index (χ1) is 5.93. The molecule has 0 saturated carbocycles. The van der Waals surface area contributed by atoms with Crippen LogP contribution < -0.4 is 5.73 Å². The Balaban J connectivity index is 4.33. The molecule has 3 nitrogen and oxygen atoms in total. The maximum Gasteiger partial charge on any atom is 0.306 e. The molecule has 13 heavy (non-hydrogen) atoms. The van der Waals surface area contributed by atoms with Gasteiger partial charge in [0.25, 0.3) is 0 Å². The monoisotopic (exact) mass is 203 g/mol. The number of hydrogen-bond donors (Lipinski definition) is 1. The predicted molar refractivity (Wildman–Crippen MR) is 57.4 cm³/mol. The fraction of sp³-hybridized carbons (Fsp3) is 0.889. The molecule has 0 aromatic carbocycles. The van der Waals surface area contributed by atoms with E-state index in [9.17, 15) is 4.79 Å². The van der Waals surface area contributed by atoms with Crippen molar-refractivity contribution in [2.45, 2.75) is 38.5 Å². The fourth-order valence-electron chi connectivity index (χ4n) is 1.31. The summed E-state index contributed by atoms with van der Waals surface area (Å²) < 4.78 is 5.02. The topological polar surface area (TPSA) is 52.3 Å². The van der Waals surface area contributed by atoms with Gasteiger partial charge in [0.05, 0.1) is 20.2 Å². The van der Waals surface area contributed by atoms with Gasteiger partial charge in [-0.3, -0.25) is 4.79 Å². The fourth-order valence-corrected chi connectivity index (χ4v) is 3.14. The van der Waals surface area contributed by atoms with Crippen molar-refractivity contribution in [2.24, 2.45) is 5.73 Å². The molecule has 0 aliphatic rings. The second-order valence-electron chi connectivity index (χ2n) is 4.25. The SMILES string of the molecule is CCOC(=O)C(CCN)[Si](C)(C)C. The Kier molecular flexibility index (Phi) is 5.25. The van der Waals surface area contributed by atoms with Crippen LogP contribution in [-0.4, -0.2) is 27.2 Å². The highest BCUT2D eigenvalue weighted by atomic mass is 28.3. The molecule has 0 saturated heterocycles. The van der Waals surface area contributed by atoms with Gasteiger partial charge in [-0.15, -0.1) is 0 Å². The maximum absolute atomic E-state index is 11.5. The summed E-state index contributed by atoms with van der Waals surface area (Å²) in [6.07, 6.45) is 0.758. The van der Waals surface area contributed by atoms with E-state index in [2.05, 4.69) is 19.6 Å². The van der Waals surface area contributed by atoms with Gasteiger partial charge < -0.3 is 10.5 Å². The zero-order valence-corrected chi connectivity index (χ0v) is 10.1. The number of hydrogen-bond acceptors (Lipinski definition) is 3. The number of ether oxygens (including phenoxy) is 1. The zero-order chi connectivity index (χ0) is 10.5. The van der Waals surface area contributed by atoms with Crippen LogP contribution in [0.4, 0.5) is 0 Å². The van der Waals surface area contributed by atoms with E-state index in [1.807, 2.05) is 6.92 Å². The summed E-state index contributed by atoms with van der Waals surface area (Å²) in [5.41, 5.74) is 5.53. The number of esters is 1. The minimum atomic E-state index is -1.46. The molecule has 2 N–H and O–H groups in total. The third kappa shape index (κ3) is 4.43. The summed E-state index contributed by atoms with van der Waals surface area (Å²) in [5, 5.41) is 0. The molecule has 0 aliphatic heterocycles. The van der Waals surface area contributed by atoms with Crippen LogP contribution in [0.15, 0.2) is 0 Å². The van der Waals surface area contributed by atoms with E-state index < -0.39 is 8.07 Å². The highest BCUT2D eigenvalue weighted by Crippen LogP contribution is 2.26. The molecule has 78 valence electrons. The van der Waals surface area contributed by atoms with Gasteiger partial charge in [-0.25, -0.2) is 0 Å². The third-order valence-corrected chi connectivity index (χ3v) is 4.69. The Morgan fingerprint density at radius 2 is 2.00 bits per heavy atom. The van der Waals surface area contributed by atoms with Crippen molar-refractivity contribution in [3.8, 4) is 0 Å². The van der Waals surface area contributed by atoms with E-state index >= 15 is 0 Å². The number of carbonyl (C=O) groups is 1. The van der Waals surface area contributed by atoms with Crippen LogP contribution in [0.3, 0.4) is 0 Å². The van der Waals surface area contributed by atoms with Crippen molar-refractivity contribution in [3.63, 3.8) is 0 Å². The molecular weight excluding hydrogens is 182 g/mol. The van der Waals surface area contributed by atoms with Crippen molar-refractivity contribution in [3.05, 3.63) is 0 Å². The van der Waals surface area contributed by atoms with Crippen LogP contribution >= 0.6 is 0 Å². The van der Waals surface area contributed by atoms with Gasteiger partial charge >= 0.3 is 5.97 Å². The lowest BCUT2D eigenvalue weighted by Crippen LogP contribution is -2.36. The lowest BCUT2D eigenvalue weighted by Gasteiger charge is -2.26. The predicted octanol–water partition coefficient (Wildman–Crippen LogP) is 1.61. The summed E-state index contributed by atoms with van der Waals surface area (Å²) in [6.45, 7) is 9.37. The van der Waals surface area contributed by atoms with Gasteiger partial charge in [0.1, 0.15) is 0 Å². The molecule has 0 amide bonds. The van der Waals surface area contributed by atoms with Gasteiger partial charge in [0.2, 0.25) is 0 Å². The van der Waals surface area contributed by atoms with E-state index in [4.69, 9.17) is 10.5 Å². The van der Waals surface area contributed by atoms with Gasteiger partial charge in [-0.1, -0.05) is 19.6 Å². The largest absolute Gasteiger partial charge is 0.466 e. The number of carbonyl (C=O) groups excluding carboxylic acids is 1. The van der Waals surface area contributed by atoms with Gasteiger partial charge in [0.15, 0.2) is 0 Å². The van der Waals surface area contributed by atoms with E-state index in [1.54, 1.807) is 0 Å². The first kappa shape index (κ1) is 12.6. The summed E-state index contributed by atoms with van der Waals surface area (Å²) in [5.74, 6) is -0.0629. The third-order valence-electron chi connectivity index (χ3n) is 2.07. The molecule has 1 unspecified atom stereocenters. The van der Waals surface area contributed by atoms with Crippen molar-refractivity contribution in [1.82, 2.24) is 0 Å². The quantitative estimate of drug-likeness (QED) is 0.545. The summed E-state index contributed by atoms with van der Waals surface area (Å²) in [7, 11) is -1.46. The van der Waals surface area contributed by atoms with Crippen molar-refractivity contribution < 1.29 is 9.53 Å². The smallest absolute Gasteiger partial charge is 0.306 e. The minimum absolute atomic E-state index is 0.0532. The van der Waals surface area contributed by atoms with Gasteiger partial charge in [-0.05, 0) is 19.9 Å². The van der Waals surface area contributed by atoms with Crippen molar-refractivity contribution in [1.29, 1.82) is 0 Å². The first-order valence-corrected chi connectivity index (χ1v) is 8.38. The van der Waals surface area contributed by atoms with Crippen molar-refractivity contribution in [2.75, 3.05) is 13.2 Å². The Labute approximate surface area is 81.7 Å². The molecule has 0 radical (unpaired) electrons. The van der Waals surface area contributed by atoms with E-state index in [0.717, 1.165) is 6.42 Å². The van der Waals surface area contributed by atoms with Crippen LogP contribution in [0.1, 0.15) is 13.3 Å². The summed E-state index contributed by atoms with van der Waals surface area (Å²) in [4.78, 5) is 11.5. The van der Waals surface area contributed by atoms with E-state index in [0.29, 0.717) is 13.2 Å². The molecule has 0 spiro atoms. The molecule has 0 fully saturated rings. The maximum atomic E-state index is 11.5. The molecule has 0 rings (SSSR count). The molecule has 0 aliphatic carbocycles. The molecule has 1 atom stereocenters. The average Bonchev–Trinajstić information content (AvgIpc) is 1.98. The van der Waals surface area contributed by atoms with Gasteiger partial charge in [-0.2, -0.15) is 0 Å². The lowest BCUT2D eigenvalue weighted by atomic mass is 10.3. The summed E-state index contributed by atoms with van der Waals surface area (Å²) >= 11 is 0. The Hall–Kier alpha value is -0.353. The molecular formula is C9H21NO2Si. The molecule has 0 heterocycles. The van der Waals surface area contributed by atoms with Crippen LogP contribution in [0.25, 0.3) is 0 Å². The molecule has 0 bridgehead atoms. The Morgan fingerprint density at radius 1 is 1.46 bits per heavy atom. The lowest BCUT2D eigenvalue weighted by molar-refractivity contribution is -0.143. The zero-order valence-electron chi connectivity index (χ0n) is 9.09.